The minimum atomic E-state index is 0.258. The van der Waals surface area contributed by atoms with Crippen molar-refractivity contribution in [2.24, 2.45) is 0 Å². The number of nitrogens with zero attached hydrogens (tertiary/aromatic N) is 2. The number of anilines is 1. The van der Waals surface area contributed by atoms with Crippen molar-refractivity contribution in [2.75, 3.05) is 18.5 Å². The Bertz CT molecular complexity index is 285. The van der Waals surface area contributed by atoms with E-state index >= 15 is 0 Å². The van der Waals surface area contributed by atoms with Gasteiger partial charge in [0.25, 0.3) is 0 Å². The Balaban J connectivity index is 2.36. The van der Waals surface area contributed by atoms with Crippen LogP contribution in [0, 0.1) is 0 Å². The summed E-state index contributed by atoms with van der Waals surface area (Å²) in [6.07, 6.45) is 5.12. The molecule has 0 N–H and O–H groups in total. The summed E-state index contributed by atoms with van der Waals surface area (Å²) >= 11 is 0. The molecule has 0 aliphatic heterocycles. The molecular formula is C11H16N2O. The number of carbonyl (C=O) groups excluding carboxylic acids is 1. The molecule has 0 unspecified atom stereocenters. The maximum absolute atomic E-state index is 10.7. The Labute approximate surface area is 84.8 Å². The monoisotopic (exact) mass is 192 g/mol. The predicted octanol–water partition coefficient (Wildman–Crippen LogP) is 1.89. The highest BCUT2D eigenvalue weighted by Gasteiger charge is 2.00. The highest BCUT2D eigenvalue weighted by molar-refractivity contribution is 5.75. The number of hydrogen-bond donors (Lipinski definition) is 0. The van der Waals surface area contributed by atoms with E-state index in [0.29, 0.717) is 6.42 Å². The van der Waals surface area contributed by atoms with Gasteiger partial charge in [-0.05, 0) is 25.5 Å². The van der Waals surface area contributed by atoms with Crippen molar-refractivity contribution in [1.82, 2.24) is 4.98 Å². The molecule has 0 spiro atoms. The van der Waals surface area contributed by atoms with Crippen LogP contribution in [0.25, 0.3) is 0 Å². The summed E-state index contributed by atoms with van der Waals surface area (Å²) < 4.78 is 0. The average Bonchev–Trinajstić information content (AvgIpc) is 2.18. The number of rotatable bonds is 5. The van der Waals surface area contributed by atoms with Gasteiger partial charge < -0.3 is 9.69 Å². The summed E-state index contributed by atoms with van der Waals surface area (Å²) in [6.45, 7) is 2.54. The molecule has 0 atom stereocenters. The average molecular weight is 192 g/mol. The number of ketones is 1. The standard InChI is InChI=1S/C11H16N2O/c1-10(14)4-3-9-13(2)11-5-7-12-8-6-11/h5-8H,3-4,9H2,1-2H3. The molecule has 0 amide bonds. The molecule has 14 heavy (non-hydrogen) atoms. The fraction of sp³-hybridized carbons (Fsp3) is 0.455. The normalized spacial score (nSPS) is 9.86. The van der Waals surface area contributed by atoms with Crippen LogP contribution in [0.15, 0.2) is 24.5 Å². The molecule has 0 radical (unpaired) electrons. The van der Waals surface area contributed by atoms with E-state index in [1.807, 2.05) is 19.2 Å². The predicted molar refractivity (Wildman–Crippen MR) is 57.4 cm³/mol. The van der Waals surface area contributed by atoms with E-state index in [1.165, 1.54) is 0 Å². The van der Waals surface area contributed by atoms with E-state index in [-0.39, 0.29) is 5.78 Å². The summed E-state index contributed by atoms with van der Waals surface area (Å²) in [5, 5.41) is 0. The summed E-state index contributed by atoms with van der Waals surface area (Å²) in [5.41, 5.74) is 1.14. The largest absolute Gasteiger partial charge is 0.374 e. The lowest BCUT2D eigenvalue weighted by Crippen LogP contribution is -2.18. The molecule has 0 aliphatic rings. The molecule has 3 nitrogen and oxygen atoms in total. The first-order valence-electron chi connectivity index (χ1n) is 4.81. The Morgan fingerprint density at radius 2 is 2.07 bits per heavy atom. The van der Waals surface area contributed by atoms with Crippen LogP contribution < -0.4 is 4.90 Å². The Morgan fingerprint density at radius 1 is 1.43 bits per heavy atom. The van der Waals surface area contributed by atoms with Gasteiger partial charge in [-0.2, -0.15) is 0 Å². The van der Waals surface area contributed by atoms with E-state index in [1.54, 1.807) is 19.3 Å². The maximum Gasteiger partial charge on any atom is 0.129 e. The Hall–Kier alpha value is -1.38. The van der Waals surface area contributed by atoms with Gasteiger partial charge in [0.2, 0.25) is 0 Å². The van der Waals surface area contributed by atoms with Crippen LogP contribution in [-0.2, 0) is 4.79 Å². The van der Waals surface area contributed by atoms with Gasteiger partial charge in [-0.15, -0.1) is 0 Å². The molecule has 1 heterocycles. The molecule has 3 heteroatoms. The smallest absolute Gasteiger partial charge is 0.129 e. The zero-order valence-corrected chi connectivity index (χ0v) is 8.73. The summed E-state index contributed by atoms with van der Waals surface area (Å²) in [7, 11) is 2.02. The van der Waals surface area contributed by atoms with Crippen molar-refractivity contribution >= 4 is 11.5 Å². The molecule has 0 bridgehead atoms. The topological polar surface area (TPSA) is 33.2 Å². The van der Waals surface area contributed by atoms with Crippen LogP contribution in [0.1, 0.15) is 19.8 Å². The molecular weight excluding hydrogens is 176 g/mol. The molecule has 1 aromatic heterocycles. The van der Waals surface area contributed by atoms with Crippen molar-refractivity contribution in [3.63, 3.8) is 0 Å². The maximum atomic E-state index is 10.7. The SMILES string of the molecule is CC(=O)CCCN(C)c1ccncc1. The van der Waals surface area contributed by atoms with Gasteiger partial charge in [0, 0.05) is 38.1 Å². The van der Waals surface area contributed by atoms with Crippen molar-refractivity contribution in [3.05, 3.63) is 24.5 Å². The van der Waals surface area contributed by atoms with Crippen LogP contribution in [0.5, 0.6) is 0 Å². The van der Waals surface area contributed by atoms with E-state index in [2.05, 4.69) is 9.88 Å². The number of hydrogen-bond acceptors (Lipinski definition) is 3. The third kappa shape index (κ3) is 3.56. The minimum absolute atomic E-state index is 0.258. The van der Waals surface area contributed by atoms with Gasteiger partial charge in [0.05, 0.1) is 0 Å². The molecule has 1 rings (SSSR count). The van der Waals surface area contributed by atoms with Crippen molar-refractivity contribution < 1.29 is 4.79 Å². The second-order valence-corrected chi connectivity index (χ2v) is 3.43. The fourth-order valence-corrected chi connectivity index (χ4v) is 1.29. The van der Waals surface area contributed by atoms with Crippen molar-refractivity contribution in [1.29, 1.82) is 0 Å². The van der Waals surface area contributed by atoms with Crippen LogP contribution in [0.3, 0.4) is 0 Å². The molecule has 76 valence electrons. The zero-order valence-electron chi connectivity index (χ0n) is 8.73. The molecule has 0 aliphatic carbocycles. The quantitative estimate of drug-likeness (QED) is 0.714. The van der Waals surface area contributed by atoms with Crippen molar-refractivity contribution in [2.45, 2.75) is 19.8 Å². The third-order valence-electron chi connectivity index (χ3n) is 2.13. The third-order valence-corrected chi connectivity index (χ3v) is 2.13. The first kappa shape index (κ1) is 10.7. The lowest BCUT2D eigenvalue weighted by molar-refractivity contribution is -0.117. The van der Waals surface area contributed by atoms with Gasteiger partial charge in [-0.1, -0.05) is 0 Å². The number of aromatic nitrogens is 1. The van der Waals surface area contributed by atoms with E-state index in [9.17, 15) is 4.79 Å². The molecule has 1 aromatic rings. The number of carbonyl (C=O) groups is 1. The highest BCUT2D eigenvalue weighted by Crippen LogP contribution is 2.10. The Kier molecular flexibility index (Phi) is 4.11. The number of Topliss-reactive ketones (excluding diaryl/α,β-unsaturated/α-hetero) is 1. The van der Waals surface area contributed by atoms with Crippen LogP contribution >= 0.6 is 0 Å². The van der Waals surface area contributed by atoms with Gasteiger partial charge in [0.15, 0.2) is 0 Å². The minimum Gasteiger partial charge on any atom is -0.374 e. The number of pyridine rings is 1. The lowest BCUT2D eigenvalue weighted by Gasteiger charge is -2.18. The van der Waals surface area contributed by atoms with E-state index < -0.39 is 0 Å². The second kappa shape index (κ2) is 5.37. The first-order chi connectivity index (χ1) is 6.70. The van der Waals surface area contributed by atoms with Gasteiger partial charge in [-0.3, -0.25) is 4.98 Å². The van der Waals surface area contributed by atoms with E-state index in [0.717, 1.165) is 18.7 Å². The van der Waals surface area contributed by atoms with Crippen LogP contribution in [0.4, 0.5) is 5.69 Å². The lowest BCUT2D eigenvalue weighted by atomic mass is 10.2. The van der Waals surface area contributed by atoms with Gasteiger partial charge in [-0.25, -0.2) is 0 Å². The molecule has 0 fully saturated rings. The van der Waals surface area contributed by atoms with Crippen molar-refractivity contribution in [3.8, 4) is 0 Å². The second-order valence-electron chi connectivity index (χ2n) is 3.43. The molecule has 0 aromatic carbocycles. The summed E-state index contributed by atoms with van der Waals surface area (Å²) in [4.78, 5) is 16.8. The Morgan fingerprint density at radius 3 is 2.64 bits per heavy atom. The molecule has 0 saturated carbocycles. The summed E-state index contributed by atoms with van der Waals surface area (Å²) in [5.74, 6) is 0.258. The molecule has 0 saturated heterocycles. The summed E-state index contributed by atoms with van der Waals surface area (Å²) in [6, 6.07) is 3.93. The first-order valence-corrected chi connectivity index (χ1v) is 4.81. The van der Waals surface area contributed by atoms with Crippen LogP contribution in [-0.4, -0.2) is 24.4 Å². The highest BCUT2D eigenvalue weighted by atomic mass is 16.1. The van der Waals surface area contributed by atoms with E-state index in [4.69, 9.17) is 0 Å². The van der Waals surface area contributed by atoms with Gasteiger partial charge >= 0.3 is 0 Å². The van der Waals surface area contributed by atoms with Gasteiger partial charge in [0.1, 0.15) is 5.78 Å². The zero-order chi connectivity index (χ0) is 10.4. The fourth-order valence-electron chi connectivity index (χ4n) is 1.29. The van der Waals surface area contributed by atoms with Crippen LogP contribution in [0.2, 0.25) is 0 Å².